The van der Waals surface area contributed by atoms with Gasteiger partial charge in [0, 0.05) is 0 Å². The Labute approximate surface area is 401 Å². The summed E-state index contributed by atoms with van der Waals surface area (Å²) >= 11 is 0. The van der Waals surface area contributed by atoms with Gasteiger partial charge < -0.3 is 20.6 Å². The van der Waals surface area contributed by atoms with Crippen molar-refractivity contribution in [3.63, 3.8) is 0 Å². The lowest BCUT2D eigenvalue weighted by Gasteiger charge is -2.21. The molecule has 0 aliphatic heterocycles. The molecule has 0 fully saturated rings. The van der Waals surface area contributed by atoms with Crippen molar-refractivity contribution in [2.45, 2.75) is 340 Å². The molecule has 0 spiro atoms. The number of nitrogens with one attached hydrogen (secondary N) is 1. The zero-order chi connectivity index (χ0) is 46.5. The summed E-state index contributed by atoms with van der Waals surface area (Å²) in [4.78, 5) is 12.5. The number of aliphatic hydroxyl groups excluding tert-OH is 3. The molecule has 1 amide bonds. The first-order valence-corrected chi connectivity index (χ1v) is 29.2. The number of unbranched alkanes of at least 4 members (excludes halogenated alkanes) is 44. The highest BCUT2D eigenvalue weighted by molar-refractivity contribution is 5.80. The van der Waals surface area contributed by atoms with Crippen LogP contribution in [0.15, 0.2) is 24.3 Å². The standard InChI is InChI=1S/C59H115NO4/c1-3-5-7-9-11-13-15-17-18-19-20-21-22-23-24-25-26-27-28-29-30-31-32-33-34-35-36-37-38-39-40-41-42-44-46-48-50-52-54-58(63)59(64)60-56(55-61)57(62)53-51-49-47-45-43-16-14-12-10-8-6-4-2/h43,45,51,53,56-58,61-63H,3-42,44,46-50,52,54-55H2,1-2H3,(H,60,64)/b45-43+,53-51+. The molecule has 5 heteroatoms. The Balaban J connectivity index is 3.41. The lowest BCUT2D eigenvalue weighted by Crippen LogP contribution is -2.48. The van der Waals surface area contributed by atoms with E-state index in [-0.39, 0.29) is 6.61 Å². The van der Waals surface area contributed by atoms with Crippen molar-refractivity contribution in [3.05, 3.63) is 24.3 Å². The maximum atomic E-state index is 12.5. The first-order valence-electron chi connectivity index (χ1n) is 29.2. The highest BCUT2D eigenvalue weighted by Crippen LogP contribution is 2.18. The Morgan fingerprint density at radius 2 is 0.641 bits per heavy atom. The van der Waals surface area contributed by atoms with Crippen LogP contribution >= 0.6 is 0 Å². The molecular formula is C59H115NO4. The lowest BCUT2D eigenvalue weighted by atomic mass is 10.0. The van der Waals surface area contributed by atoms with Gasteiger partial charge in [-0.25, -0.2) is 0 Å². The second-order valence-electron chi connectivity index (χ2n) is 20.2. The van der Waals surface area contributed by atoms with Crippen molar-refractivity contribution in [1.29, 1.82) is 0 Å². The largest absolute Gasteiger partial charge is 0.394 e. The fraction of sp³-hybridized carbons (Fsp3) is 0.915. The monoisotopic (exact) mass is 902 g/mol. The maximum Gasteiger partial charge on any atom is 0.249 e. The minimum atomic E-state index is -1.10. The number of aliphatic hydroxyl groups is 3. The van der Waals surface area contributed by atoms with Crippen molar-refractivity contribution in [3.8, 4) is 0 Å². The second kappa shape index (κ2) is 54.4. The summed E-state index contributed by atoms with van der Waals surface area (Å²) in [5, 5.41) is 33.2. The van der Waals surface area contributed by atoms with Crippen LogP contribution in [0, 0.1) is 0 Å². The maximum absolute atomic E-state index is 12.5. The average Bonchev–Trinajstić information content (AvgIpc) is 3.30. The third kappa shape index (κ3) is 48.8. The summed E-state index contributed by atoms with van der Waals surface area (Å²) < 4.78 is 0. The third-order valence-corrected chi connectivity index (χ3v) is 13.8. The zero-order valence-electron chi connectivity index (χ0n) is 43.4. The highest BCUT2D eigenvalue weighted by atomic mass is 16.3. The summed E-state index contributed by atoms with van der Waals surface area (Å²) in [5.41, 5.74) is 0. The van der Waals surface area contributed by atoms with E-state index >= 15 is 0 Å². The smallest absolute Gasteiger partial charge is 0.249 e. The molecule has 0 aliphatic carbocycles. The van der Waals surface area contributed by atoms with E-state index in [0.29, 0.717) is 6.42 Å². The van der Waals surface area contributed by atoms with Gasteiger partial charge in [0.15, 0.2) is 0 Å². The van der Waals surface area contributed by atoms with Crippen LogP contribution in [-0.2, 0) is 4.79 Å². The summed E-state index contributed by atoms with van der Waals surface area (Å²) in [6.07, 6.45) is 70.1. The Kier molecular flexibility index (Phi) is 53.4. The molecule has 3 atom stereocenters. The number of carbonyl (C=O) groups excluding carboxylic acids is 1. The van der Waals surface area contributed by atoms with E-state index in [9.17, 15) is 20.1 Å². The first-order chi connectivity index (χ1) is 31.6. The van der Waals surface area contributed by atoms with Crippen LogP contribution < -0.4 is 5.32 Å². The van der Waals surface area contributed by atoms with Crippen LogP contribution in [0.1, 0.15) is 322 Å². The SMILES string of the molecule is CCCCCCCC/C=C/CC/C=C/C(O)C(CO)NC(=O)C(O)CCCCCCCCCCCCCCCCCCCCCCCCCCCCCCCCCCCCCCCC. The van der Waals surface area contributed by atoms with Crippen molar-refractivity contribution in [2.75, 3.05) is 6.61 Å². The van der Waals surface area contributed by atoms with Crippen molar-refractivity contribution >= 4 is 5.91 Å². The van der Waals surface area contributed by atoms with Gasteiger partial charge in [-0.2, -0.15) is 0 Å². The number of amides is 1. The van der Waals surface area contributed by atoms with Crippen LogP contribution in [0.5, 0.6) is 0 Å². The molecule has 3 unspecified atom stereocenters. The van der Waals surface area contributed by atoms with E-state index in [0.717, 1.165) is 38.5 Å². The van der Waals surface area contributed by atoms with E-state index in [1.807, 2.05) is 6.08 Å². The Bertz CT molecular complexity index is 951. The van der Waals surface area contributed by atoms with Gasteiger partial charge in [-0.1, -0.05) is 314 Å². The van der Waals surface area contributed by atoms with Gasteiger partial charge in [0.2, 0.25) is 5.91 Å². The molecule has 0 saturated heterocycles. The normalized spacial score (nSPS) is 13.4. The Morgan fingerprint density at radius 1 is 0.375 bits per heavy atom. The second-order valence-corrected chi connectivity index (χ2v) is 20.2. The first kappa shape index (κ1) is 62.8. The minimum Gasteiger partial charge on any atom is -0.394 e. The summed E-state index contributed by atoms with van der Waals surface area (Å²) in [5.74, 6) is -0.509. The van der Waals surface area contributed by atoms with E-state index in [4.69, 9.17) is 0 Å². The molecule has 4 N–H and O–H groups in total. The molecule has 0 rings (SSSR count). The topological polar surface area (TPSA) is 89.8 Å². The predicted octanol–water partition coefficient (Wildman–Crippen LogP) is 18.1. The van der Waals surface area contributed by atoms with Crippen molar-refractivity contribution in [2.24, 2.45) is 0 Å². The molecule has 380 valence electrons. The van der Waals surface area contributed by atoms with Crippen LogP contribution in [0.4, 0.5) is 0 Å². The van der Waals surface area contributed by atoms with E-state index in [2.05, 4.69) is 31.3 Å². The van der Waals surface area contributed by atoms with Crippen molar-refractivity contribution in [1.82, 2.24) is 5.32 Å². The molecule has 0 heterocycles. The number of hydrogen-bond donors (Lipinski definition) is 4. The molecule has 0 aromatic heterocycles. The predicted molar refractivity (Wildman–Crippen MR) is 282 cm³/mol. The Morgan fingerprint density at radius 3 is 0.953 bits per heavy atom. The summed E-state index contributed by atoms with van der Waals surface area (Å²) in [6.45, 7) is 4.18. The molecule has 0 aromatic rings. The van der Waals surface area contributed by atoms with Gasteiger partial charge >= 0.3 is 0 Å². The summed E-state index contributed by atoms with van der Waals surface area (Å²) in [7, 11) is 0. The molecular weight excluding hydrogens is 787 g/mol. The lowest BCUT2D eigenvalue weighted by molar-refractivity contribution is -0.131. The zero-order valence-corrected chi connectivity index (χ0v) is 43.4. The average molecular weight is 903 g/mol. The van der Waals surface area contributed by atoms with Gasteiger partial charge in [0.1, 0.15) is 6.10 Å². The van der Waals surface area contributed by atoms with E-state index < -0.39 is 24.2 Å². The fourth-order valence-corrected chi connectivity index (χ4v) is 9.26. The van der Waals surface area contributed by atoms with Gasteiger partial charge in [-0.3, -0.25) is 4.79 Å². The van der Waals surface area contributed by atoms with Gasteiger partial charge in [-0.15, -0.1) is 0 Å². The quantitative estimate of drug-likeness (QED) is 0.0362. The van der Waals surface area contributed by atoms with Crippen LogP contribution in [0.3, 0.4) is 0 Å². The van der Waals surface area contributed by atoms with E-state index in [1.54, 1.807) is 6.08 Å². The molecule has 5 nitrogen and oxygen atoms in total. The van der Waals surface area contributed by atoms with Crippen LogP contribution in [0.2, 0.25) is 0 Å². The third-order valence-electron chi connectivity index (χ3n) is 13.8. The molecule has 0 saturated carbocycles. The minimum absolute atomic E-state index is 0.373. The van der Waals surface area contributed by atoms with Gasteiger partial charge in [0.05, 0.1) is 18.8 Å². The molecule has 64 heavy (non-hydrogen) atoms. The fourth-order valence-electron chi connectivity index (χ4n) is 9.26. The highest BCUT2D eigenvalue weighted by Gasteiger charge is 2.22. The number of carbonyl (C=O) groups is 1. The van der Waals surface area contributed by atoms with Crippen LogP contribution in [0.25, 0.3) is 0 Å². The number of rotatable bonds is 54. The molecule has 0 aromatic carbocycles. The number of hydrogen-bond acceptors (Lipinski definition) is 4. The van der Waals surface area contributed by atoms with Crippen LogP contribution in [-0.4, -0.2) is 46.1 Å². The Hall–Kier alpha value is -1.17. The molecule has 0 radical (unpaired) electrons. The number of allylic oxidation sites excluding steroid dienone is 3. The van der Waals surface area contributed by atoms with E-state index in [1.165, 1.54) is 263 Å². The van der Waals surface area contributed by atoms with Gasteiger partial charge in [0.25, 0.3) is 0 Å². The molecule has 0 aliphatic rings. The summed E-state index contributed by atoms with van der Waals surface area (Å²) in [6, 6.07) is -0.811. The molecule has 0 bridgehead atoms. The van der Waals surface area contributed by atoms with Crippen molar-refractivity contribution < 1.29 is 20.1 Å². The van der Waals surface area contributed by atoms with Gasteiger partial charge in [-0.05, 0) is 32.1 Å².